The monoisotopic (exact) mass is 754 g/mol. The average molecular weight is 755 g/mol. The second-order valence-corrected chi connectivity index (χ2v) is 15.0. The van der Waals surface area contributed by atoms with E-state index < -0.39 is 136 Å². The number of ketones is 1. The molecule has 0 aromatic heterocycles. The van der Waals surface area contributed by atoms with E-state index in [1.807, 2.05) is 0 Å². The molecule has 3 aliphatic rings. The van der Waals surface area contributed by atoms with E-state index in [1.54, 1.807) is 0 Å². The molecule has 17 nitrogen and oxygen atoms in total. The van der Waals surface area contributed by atoms with Gasteiger partial charge in [-0.1, -0.05) is 41.2 Å². The molecule has 2 heterocycles. The van der Waals surface area contributed by atoms with Crippen molar-refractivity contribution in [1.82, 2.24) is 0 Å². The van der Waals surface area contributed by atoms with Crippen LogP contribution < -0.4 is 0 Å². The standard InChI is InChI=1S/C36H50O17/c1-15(2)32(44)50-27-16(3)26(46-18(5)37)24-29(48-20(7)39)34(13,51-22(9)41)14-35(24,52-23(10)42)36(45)17(4)25(43)30(53-36)33(11,12)31(49-21(8)40)28(27)47-19(6)38/h15,17,24,26-31,45H,3,14H2,1-2,4-13H3/t17-,24-,26-,27-,28+,29+,30+,31-,34+,35+,36+/m0/s1. The van der Waals surface area contributed by atoms with Gasteiger partial charge in [-0.05, 0) is 6.92 Å². The highest BCUT2D eigenvalue weighted by Crippen LogP contribution is 2.61. The summed E-state index contributed by atoms with van der Waals surface area (Å²) < 4.78 is 47.2. The van der Waals surface area contributed by atoms with Crippen LogP contribution in [0.5, 0.6) is 0 Å². The molecule has 1 aliphatic carbocycles. The Labute approximate surface area is 307 Å². The zero-order valence-corrected chi connectivity index (χ0v) is 32.1. The molecule has 3 rings (SSSR count). The van der Waals surface area contributed by atoms with Gasteiger partial charge in [0, 0.05) is 59.0 Å². The Morgan fingerprint density at radius 1 is 0.736 bits per heavy atom. The van der Waals surface area contributed by atoms with E-state index in [4.69, 9.17) is 37.9 Å². The van der Waals surface area contributed by atoms with Gasteiger partial charge in [0.1, 0.15) is 12.2 Å². The molecule has 2 saturated heterocycles. The molecule has 0 aromatic carbocycles. The molecule has 0 aromatic rings. The van der Waals surface area contributed by atoms with Crippen molar-refractivity contribution in [3.63, 3.8) is 0 Å². The molecule has 0 unspecified atom stereocenters. The topological polar surface area (TPSA) is 231 Å². The van der Waals surface area contributed by atoms with Gasteiger partial charge in [-0.2, -0.15) is 0 Å². The number of ether oxygens (including phenoxy) is 8. The van der Waals surface area contributed by atoms with Crippen molar-refractivity contribution in [3.05, 3.63) is 12.2 Å². The summed E-state index contributed by atoms with van der Waals surface area (Å²) in [5.41, 5.74) is -6.82. The van der Waals surface area contributed by atoms with Crippen LogP contribution in [-0.4, -0.2) is 106 Å². The maximum atomic E-state index is 14.4. The van der Waals surface area contributed by atoms with E-state index >= 15 is 0 Å². The minimum atomic E-state index is -2.91. The molecule has 2 aliphatic heterocycles. The van der Waals surface area contributed by atoms with Gasteiger partial charge in [0.25, 0.3) is 0 Å². The number of Topliss-reactive ketones (excluding diaryl/α,β-unsaturated/α-hetero) is 1. The highest BCUT2D eigenvalue weighted by Gasteiger charge is 2.80. The summed E-state index contributed by atoms with van der Waals surface area (Å²) in [5.74, 6) is -14.8. The van der Waals surface area contributed by atoms with Crippen LogP contribution in [0.1, 0.15) is 89.5 Å². The van der Waals surface area contributed by atoms with Crippen LogP contribution in [0, 0.1) is 23.2 Å². The van der Waals surface area contributed by atoms with Gasteiger partial charge in [-0.3, -0.25) is 38.4 Å². The van der Waals surface area contributed by atoms with Crippen molar-refractivity contribution in [2.24, 2.45) is 23.2 Å². The number of hydrogen-bond donors (Lipinski definition) is 1. The smallest absolute Gasteiger partial charge is 0.309 e. The maximum Gasteiger partial charge on any atom is 0.309 e. The fourth-order valence-electron chi connectivity index (χ4n) is 7.89. The molecule has 0 radical (unpaired) electrons. The minimum absolute atomic E-state index is 0.403. The lowest BCUT2D eigenvalue weighted by atomic mass is 9.68. The summed E-state index contributed by atoms with van der Waals surface area (Å²) >= 11 is 0. The first kappa shape index (κ1) is 43.0. The number of esters is 7. The van der Waals surface area contributed by atoms with Gasteiger partial charge < -0.3 is 43.0 Å². The fraction of sp³-hybridized carbons (Fsp3) is 0.722. The van der Waals surface area contributed by atoms with Crippen molar-refractivity contribution in [2.75, 3.05) is 0 Å². The lowest BCUT2D eigenvalue weighted by molar-refractivity contribution is -0.334. The summed E-state index contributed by atoms with van der Waals surface area (Å²) in [6.45, 7) is 18.5. The van der Waals surface area contributed by atoms with Gasteiger partial charge in [0.2, 0.25) is 5.79 Å². The highest BCUT2D eigenvalue weighted by molar-refractivity contribution is 5.89. The van der Waals surface area contributed by atoms with Crippen LogP contribution in [-0.2, 0) is 76.3 Å². The second-order valence-electron chi connectivity index (χ2n) is 15.0. The third-order valence-corrected chi connectivity index (χ3v) is 9.92. The Kier molecular flexibility index (Phi) is 12.3. The van der Waals surface area contributed by atoms with E-state index in [0.29, 0.717) is 0 Å². The van der Waals surface area contributed by atoms with Crippen LogP contribution >= 0.6 is 0 Å². The van der Waals surface area contributed by atoms with E-state index in [2.05, 4.69) is 6.58 Å². The van der Waals surface area contributed by atoms with Crippen LogP contribution in [0.25, 0.3) is 0 Å². The molecule has 1 N–H and O–H groups in total. The fourth-order valence-corrected chi connectivity index (χ4v) is 7.89. The lowest BCUT2D eigenvalue weighted by Gasteiger charge is -2.48. The Morgan fingerprint density at radius 2 is 1.23 bits per heavy atom. The zero-order valence-electron chi connectivity index (χ0n) is 32.1. The predicted octanol–water partition coefficient (Wildman–Crippen LogP) is 1.81. The summed E-state index contributed by atoms with van der Waals surface area (Å²) in [6.07, 6.45) is -11.7. The average Bonchev–Trinajstić information content (AvgIpc) is 3.37. The molecular weight excluding hydrogens is 704 g/mol. The third-order valence-electron chi connectivity index (χ3n) is 9.92. The predicted molar refractivity (Wildman–Crippen MR) is 177 cm³/mol. The Hall–Kier alpha value is -4.38. The largest absolute Gasteiger partial charge is 0.458 e. The molecular formula is C36H50O17. The van der Waals surface area contributed by atoms with Crippen LogP contribution in [0.4, 0.5) is 0 Å². The lowest BCUT2D eigenvalue weighted by Crippen LogP contribution is -2.66. The van der Waals surface area contributed by atoms with Crippen LogP contribution in [0.3, 0.4) is 0 Å². The number of fused-ring (bicyclic) bond motifs is 4. The summed E-state index contributed by atoms with van der Waals surface area (Å²) in [6, 6.07) is 0. The van der Waals surface area contributed by atoms with Crippen molar-refractivity contribution in [1.29, 1.82) is 0 Å². The highest BCUT2D eigenvalue weighted by atomic mass is 16.7. The molecule has 17 heteroatoms. The van der Waals surface area contributed by atoms with Crippen molar-refractivity contribution in [3.8, 4) is 0 Å². The Balaban J connectivity index is 2.69. The number of hydrogen-bond acceptors (Lipinski definition) is 17. The van der Waals surface area contributed by atoms with Crippen molar-refractivity contribution < 1.29 is 81.4 Å². The minimum Gasteiger partial charge on any atom is -0.458 e. The molecule has 3 fully saturated rings. The maximum absolute atomic E-state index is 14.4. The van der Waals surface area contributed by atoms with E-state index in [0.717, 1.165) is 41.5 Å². The van der Waals surface area contributed by atoms with E-state index in [-0.39, 0.29) is 0 Å². The number of rotatable bonds is 8. The van der Waals surface area contributed by atoms with Gasteiger partial charge in [0.15, 0.2) is 41.4 Å². The molecule has 11 atom stereocenters. The molecule has 296 valence electrons. The molecule has 0 spiro atoms. The number of aliphatic hydroxyl groups is 1. The third kappa shape index (κ3) is 7.95. The second kappa shape index (κ2) is 15.2. The number of carbonyl (C=O) groups excluding carboxylic acids is 8. The normalized spacial score (nSPS) is 36.3. The summed E-state index contributed by atoms with van der Waals surface area (Å²) in [4.78, 5) is 105. The molecule has 1 saturated carbocycles. The first-order chi connectivity index (χ1) is 24.2. The SMILES string of the molecule is C=C1[C@H](OC(=O)C(C)C)[C@@H](OC(C)=O)[C@H](OC(C)=O)C(C)(C)[C@@H]2O[C@](O)([C@@H](C)C2=O)[C@@]2(OC(C)=O)C[C@@](C)(OC(C)=O)[C@H](OC(C)=O)[C@@H]2[C@H]1OC(C)=O. The Morgan fingerprint density at radius 3 is 1.68 bits per heavy atom. The van der Waals surface area contributed by atoms with Crippen molar-refractivity contribution >= 4 is 47.6 Å². The number of carbonyl (C=O) groups is 8. The van der Waals surface area contributed by atoms with Crippen LogP contribution in [0.2, 0.25) is 0 Å². The summed E-state index contributed by atoms with van der Waals surface area (Å²) in [7, 11) is 0. The van der Waals surface area contributed by atoms with E-state index in [9.17, 15) is 43.5 Å². The molecule has 0 amide bonds. The van der Waals surface area contributed by atoms with Gasteiger partial charge in [-0.25, -0.2) is 0 Å². The van der Waals surface area contributed by atoms with Crippen LogP contribution in [0.15, 0.2) is 12.2 Å². The quantitative estimate of drug-likeness (QED) is 0.212. The molecule has 53 heavy (non-hydrogen) atoms. The molecule has 2 bridgehead atoms. The van der Waals surface area contributed by atoms with Crippen molar-refractivity contribution in [2.45, 2.75) is 143 Å². The van der Waals surface area contributed by atoms with E-state index in [1.165, 1.54) is 41.5 Å². The van der Waals surface area contributed by atoms with Gasteiger partial charge in [0.05, 0.1) is 17.8 Å². The first-order valence-corrected chi connectivity index (χ1v) is 17.1. The summed E-state index contributed by atoms with van der Waals surface area (Å²) in [5, 5.41) is 12.9. The first-order valence-electron chi connectivity index (χ1n) is 17.1. The van der Waals surface area contributed by atoms with Gasteiger partial charge >= 0.3 is 41.8 Å². The Bertz CT molecular complexity index is 1560. The van der Waals surface area contributed by atoms with Gasteiger partial charge in [-0.15, -0.1) is 0 Å². The zero-order chi connectivity index (χ0) is 40.8.